The third kappa shape index (κ3) is 2.23. The zero-order valence-corrected chi connectivity index (χ0v) is 7.13. The van der Waals surface area contributed by atoms with Gasteiger partial charge in [-0.15, -0.1) is 0 Å². The lowest BCUT2D eigenvalue weighted by Crippen LogP contribution is -2.17. The van der Waals surface area contributed by atoms with Crippen LogP contribution in [0, 0.1) is 11.6 Å². The van der Waals surface area contributed by atoms with Crippen LogP contribution in [0.15, 0.2) is 18.2 Å². The molecule has 0 heterocycles. The van der Waals surface area contributed by atoms with E-state index in [0.29, 0.717) is 13.0 Å². The molecular weight excluding hydrogens is 174 g/mol. The van der Waals surface area contributed by atoms with E-state index in [4.69, 9.17) is 11.5 Å². The maximum absolute atomic E-state index is 13.1. The molecule has 1 aromatic carbocycles. The summed E-state index contributed by atoms with van der Waals surface area (Å²) in [6.45, 7) is 0.358. The first kappa shape index (κ1) is 10.1. The van der Waals surface area contributed by atoms with Crippen molar-refractivity contribution in [2.45, 2.75) is 12.5 Å². The highest BCUT2D eigenvalue weighted by Gasteiger charge is 2.13. The molecule has 0 saturated carbocycles. The molecule has 0 aliphatic rings. The van der Waals surface area contributed by atoms with Gasteiger partial charge in [-0.25, -0.2) is 8.78 Å². The fourth-order valence-corrected chi connectivity index (χ4v) is 1.14. The van der Waals surface area contributed by atoms with E-state index in [2.05, 4.69) is 0 Å². The van der Waals surface area contributed by atoms with Gasteiger partial charge in [-0.2, -0.15) is 0 Å². The summed E-state index contributed by atoms with van der Waals surface area (Å²) in [6, 6.07) is 3.44. The molecule has 0 bridgehead atoms. The molecule has 4 N–H and O–H groups in total. The highest BCUT2D eigenvalue weighted by molar-refractivity contribution is 5.22. The van der Waals surface area contributed by atoms with Gasteiger partial charge in [0.25, 0.3) is 0 Å². The summed E-state index contributed by atoms with van der Waals surface area (Å²) in [4.78, 5) is 0. The SMILES string of the molecule is NCCC(N)c1cccc(F)c1F. The van der Waals surface area contributed by atoms with Crippen molar-refractivity contribution in [1.29, 1.82) is 0 Å². The van der Waals surface area contributed by atoms with Crippen LogP contribution in [0.4, 0.5) is 8.78 Å². The minimum absolute atomic E-state index is 0.186. The number of nitrogens with two attached hydrogens (primary N) is 2. The van der Waals surface area contributed by atoms with Crippen molar-refractivity contribution in [3.8, 4) is 0 Å². The van der Waals surface area contributed by atoms with Crippen LogP contribution in [-0.2, 0) is 0 Å². The maximum Gasteiger partial charge on any atom is 0.163 e. The Kier molecular flexibility index (Phi) is 3.33. The Morgan fingerprint density at radius 1 is 1.31 bits per heavy atom. The molecule has 0 aliphatic heterocycles. The monoisotopic (exact) mass is 186 g/mol. The summed E-state index contributed by atoms with van der Waals surface area (Å²) in [6.07, 6.45) is 0.445. The summed E-state index contributed by atoms with van der Waals surface area (Å²) in [5.41, 5.74) is 11.0. The van der Waals surface area contributed by atoms with E-state index < -0.39 is 17.7 Å². The van der Waals surface area contributed by atoms with Crippen molar-refractivity contribution >= 4 is 0 Å². The Bertz CT molecular complexity index is 289. The van der Waals surface area contributed by atoms with E-state index in [9.17, 15) is 8.78 Å². The average Bonchev–Trinajstić information content (AvgIpc) is 2.10. The molecule has 0 saturated heterocycles. The summed E-state index contributed by atoms with van der Waals surface area (Å²) < 4.78 is 25.8. The first-order valence-electron chi connectivity index (χ1n) is 4.06. The van der Waals surface area contributed by atoms with Gasteiger partial charge in [0.1, 0.15) is 0 Å². The average molecular weight is 186 g/mol. The van der Waals surface area contributed by atoms with Crippen molar-refractivity contribution in [3.63, 3.8) is 0 Å². The van der Waals surface area contributed by atoms with Gasteiger partial charge in [-0.05, 0) is 19.0 Å². The normalized spacial score (nSPS) is 12.9. The van der Waals surface area contributed by atoms with Crippen molar-refractivity contribution in [2.75, 3.05) is 6.54 Å². The molecule has 1 unspecified atom stereocenters. The third-order valence-corrected chi connectivity index (χ3v) is 1.86. The number of rotatable bonds is 3. The second-order valence-electron chi connectivity index (χ2n) is 2.83. The lowest BCUT2D eigenvalue weighted by molar-refractivity contribution is 0.484. The Hall–Kier alpha value is -1.00. The fraction of sp³-hybridized carbons (Fsp3) is 0.333. The highest BCUT2D eigenvalue weighted by atomic mass is 19.2. The first-order valence-corrected chi connectivity index (χ1v) is 4.06. The first-order chi connectivity index (χ1) is 6.16. The molecule has 0 radical (unpaired) electrons. The van der Waals surface area contributed by atoms with E-state index >= 15 is 0 Å². The van der Waals surface area contributed by atoms with Crippen molar-refractivity contribution in [3.05, 3.63) is 35.4 Å². The predicted octanol–water partition coefficient (Wildman–Crippen LogP) is 1.31. The van der Waals surface area contributed by atoms with E-state index in [1.54, 1.807) is 0 Å². The molecule has 0 amide bonds. The van der Waals surface area contributed by atoms with Crippen molar-refractivity contribution < 1.29 is 8.78 Å². The van der Waals surface area contributed by atoms with Gasteiger partial charge in [-0.1, -0.05) is 12.1 Å². The quantitative estimate of drug-likeness (QED) is 0.747. The molecule has 13 heavy (non-hydrogen) atoms. The van der Waals surface area contributed by atoms with Crippen molar-refractivity contribution in [2.24, 2.45) is 11.5 Å². The van der Waals surface area contributed by atoms with E-state index in [0.717, 1.165) is 6.07 Å². The second-order valence-corrected chi connectivity index (χ2v) is 2.83. The summed E-state index contributed by atoms with van der Waals surface area (Å²) in [5, 5.41) is 0. The summed E-state index contributed by atoms with van der Waals surface area (Å²) >= 11 is 0. The molecule has 1 rings (SSSR count). The van der Waals surface area contributed by atoms with Crippen LogP contribution in [0.2, 0.25) is 0 Å². The molecule has 2 nitrogen and oxygen atoms in total. The molecule has 0 aromatic heterocycles. The highest BCUT2D eigenvalue weighted by Crippen LogP contribution is 2.19. The van der Waals surface area contributed by atoms with Crippen LogP contribution in [0.3, 0.4) is 0 Å². The standard InChI is InChI=1S/C9H12F2N2/c10-7-3-1-2-6(9(7)11)8(13)4-5-12/h1-3,8H,4-5,12-13H2. The predicted molar refractivity (Wildman–Crippen MR) is 47.0 cm³/mol. The molecule has 0 aliphatic carbocycles. The van der Waals surface area contributed by atoms with Crippen LogP contribution in [-0.4, -0.2) is 6.54 Å². The lowest BCUT2D eigenvalue weighted by Gasteiger charge is -2.11. The largest absolute Gasteiger partial charge is 0.330 e. The molecule has 0 spiro atoms. The van der Waals surface area contributed by atoms with Gasteiger partial charge in [-0.3, -0.25) is 0 Å². The Balaban J connectivity index is 2.93. The fourth-order valence-electron chi connectivity index (χ4n) is 1.14. The lowest BCUT2D eigenvalue weighted by atomic mass is 10.0. The zero-order valence-electron chi connectivity index (χ0n) is 7.13. The molecule has 1 atom stereocenters. The number of hydrogen-bond donors (Lipinski definition) is 2. The minimum atomic E-state index is -0.872. The summed E-state index contributed by atoms with van der Waals surface area (Å²) in [7, 11) is 0. The molecule has 1 aromatic rings. The van der Waals surface area contributed by atoms with Crippen LogP contribution in [0.5, 0.6) is 0 Å². The topological polar surface area (TPSA) is 52.0 Å². The Labute approximate surface area is 75.5 Å². The minimum Gasteiger partial charge on any atom is -0.330 e. The number of hydrogen-bond acceptors (Lipinski definition) is 2. The van der Waals surface area contributed by atoms with Gasteiger partial charge in [0.05, 0.1) is 0 Å². The number of benzene rings is 1. The second kappa shape index (κ2) is 4.30. The van der Waals surface area contributed by atoms with Gasteiger partial charge in [0, 0.05) is 11.6 Å². The molecular formula is C9H12F2N2. The van der Waals surface area contributed by atoms with Gasteiger partial charge in [0.2, 0.25) is 0 Å². The van der Waals surface area contributed by atoms with Crippen LogP contribution < -0.4 is 11.5 Å². The number of halogens is 2. The van der Waals surface area contributed by atoms with Crippen LogP contribution in [0.25, 0.3) is 0 Å². The van der Waals surface area contributed by atoms with Crippen LogP contribution in [0.1, 0.15) is 18.0 Å². The summed E-state index contributed by atoms with van der Waals surface area (Å²) in [5.74, 6) is -1.74. The zero-order chi connectivity index (χ0) is 9.84. The van der Waals surface area contributed by atoms with Crippen LogP contribution >= 0.6 is 0 Å². The smallest absolute Gasteiger partial charge is 0.163 e. The van der Waals surface area contributed by atoms with Gasteiger partial charge >= 0.3 is 0 Å². The van der Waals surface area contributed by atoms with E-state index in [1.807, 2.05) is 0 Å². The third-order valence-electron chi connectivity index (χ3n) is 1.86. The van der Waals surface area contributed by atoms with E-state index in [1.165, 1.54) is 12.1 Å². The van der Waals surface area contributed by atoms with Crippen molar-refractivity contribution in [1.82, 2.24) is 0 Å². The molecule has 4 heteroatoms. The van der Waals surface area contributed by atoms with E-state index in [-0.39, 0.29) is 5.56 Å². The Morgan fingerprint density at radius 3 is 2.62 bits per heavy atom. The maximum atomic E-state index is 13.1. The van der Waals surface area contributed by atoms with Gasteiger partial charge in [0.15, 0.2) is 11.6 Å². The Morgan fingerprint density at radius 2 is 2.00 bits per heavy atom. The molecule has 0 fully saturated rings. The molecule has 72 valence electrons. The van der Waals surface area contributed by atoms with Gasteiger partial charge < -0.3 is 11.5 Å².